The first kappa shape index (κ1) is 12.7. The molecule has 4 aromatic rings. The first-order valence-corrected chi connectivity index (χ1v) is 7.31. The van der Waals surface area contributed by atoms with E-state index < -0.39 is 0 Å². The van der Waals surface area contributed by atoms with Gasteiger partial charge in [0.1, 0.15) is 5.82 Å². The molecule has 0 saturated heterocycles. The predicted molar refractivity (Wildman–Crippen MR) is 89.1 cm³/mol. The van der Waals surface area contributed by atoms with Crippen LogP contribution in [0.4, 0.5) is 0 Å². The molecule has 2 nitrogen and oxygen atoms in total. The summed E-state index contributed by atoms with van der Waals surface area (Å²) in [4.78, 5) is 7.97. The summed E-state index contributed by atoms with van der Waals surface area (Å²) in [6, 6.07) is 17.6. The Morgan fingerprint density at radius 3 is 2.57 bits per heavy atom. The van der Waals surface area contributed by atoms with Crippen molar-refractivity contribution in [3.05, 3.63) is 64.6 Å². The highest BCUT2D eigenvalue weighted by molar-refractivity contribution is 6.35. The molecule has 4 rings (SSSR count). The van der Waals surface area contributed by atoms with E-state index in [1.54, 1.807) is 0 Å². The van der Waals surface area contributed by atoms with Crippen LogP contribution in [0.3, 0.4) is 0 Å². The SMILES string of the molecule is Clc1ccc2nc(-c3cccc4c(Cl)cccc34)[nH]c2c1. The van der Waals surface area contributed by atoms with Crippen LogP contribution in [0.2, 0.25) is 10.0 Å². The van der Waals surface area contributed by atoms with Gasteiger partial charge >= 0.3 is 0 Å². The maximum atomic E-state index is 6.27. The van der Waals surface area contributed by atoms with Crippen molar-refractivity contribution in [2.45, 2.75) is 0 Å². The Balaban J connectivity index is 2.02. The number of hydrogen-bond donors (Lipinski definition) is 1. The number of aromatic amines is 1. The molecule has 0 atom stereocenters. The molecule has 0 fully saturated rings. The number of nitrogens with one attached hydrogen (secondary N) is 1. The lowest BCUT2D eigenvalue weighted by Gasteiger charge is -2.05. The third kappa shape index (κ3) is 2.08. The molecular weight excluding hydrogens is 303 g/mol. The van der Waals surface area contributed by atoms with E-state index in [-0.39, 0.29) is 0 Å². The lowest BCUT2D eigenvalue weighted by molar-refractivity contribution is 1.35. The molecule has 0 spiro atoms. The lowest BCUT2D eigenvalue weighted by Crippen LogP contribution is -1.83. The maximum Gasteiger partial charge on any atom is 0.139 e. The van der Waals surface area contributed by atoms with Crippen LogP contribution in [0.5, 0.6) is 0 Å². The van der Waals surface area contributed by atoms with E-state index in [1.807, 2.05) is 48.5 Å². The van der Waals surface area contributed by atoms with E-state index in [9.17, 15) is 0 Å². The van der Waals surface area contributed by atoms with Crippen LogP contribution in [0.25, 0.3) is 33.2 Å². The van der Waals surface area contributed by atoms with Gasteiger partial charge in [-0.3, -0.25) is 0 Å². The number of imidazole rings is 1. The molecule has 1 aromatic heterocycles. The van der Waals surface area contributed by atoms with Crippen LogP contribution < -0.4 is 0 Å². The van der Waals surface area contributed by atoms with Crippen LogP contribution >= 0.6 is 23.2 Å². The van der Waals surface area contributed by atoms with Crippen LogP contribution in [-0.4, -0.2) is 9.97 Å². The molecule has 4 heteroatoms. The quantitative estimate of drug-likeness (QED) is 0.480. The van der Waals surface area contributed by atoms with Crippen molar-refractivity contribution in [3.8, 4) is 11.4 Å². The number of benzene rings is 3. The first-order chi connectivity index (χ1) is 10.2. The van der Waals surface area contributed by atoms with Crippen LogP contribution in [0.15, 0.2) is 54.6 Å². The van der Waals surface area contributed by atoms with E-state index in [4.69, 9.17) is 23.2 Å². The normalized spacial score (nSPS) is 11.3. The third-order valence-corrected chi connectivity index (χ3v) is 4.13. The second-order valence-corrected chi connectivity index (χ2v) is 5.73. The minimum Gasteiger partial charge on any atom is -0.338 e. The fraction of sp³-hybridized carbons (Fsp3) is 0. The van der Waals surface area contributed by atoms with Gasteiger partial charge in [0.05, 0.1) is 11.0 Å². The second kappa shape index (κ2) is 4.76. The first-order valence-electron chi connectivity index (χ1n) is 6.55. The van der Waals surface area contributed by atoms with Crippen molar-refractivity contribution in [2.75, 3.05) is 0 Å². The smallest absolute Gasteiger partial charge is 0.139 e. The summed E-state index contributed by atoms with van der Waals surface area (Å²) in [5, 5.41) is 3.54. The lowest BCUT2D eigenvalue weighted by atomic mass is 10.0. The van der Waals surface area contributed by atoms with Crippen molar-refractivity contribution in [3.63, 3.8) is 0 Å². The zero-order valence-corrected chi connectivity index (χ0v) is 12.4. The average Bonchev–Trinajstić information content (AvgIpc) is 2.90. The van der Waals surface area contributed by atoms with E-state index >= 15 is 0 Å². The van der Waals surface area contributed by atoms with Gasteiger partial charge in [0.2, 0.25) is 0 Å². The van der Waals surface area contributed by atoms with E-state index in [1.165, 1.54) is 0 Å². The largest absolute Gasteiger partial charge is 0.338 e. The topological polar surface area (TPSA) is 28.7 Å². The molecule has 0 amide bonds. The van der Waals surface area contributed by atoms with Gasteiger partial charge in [-0.05, 0) is 29.7 Å². The Hall–Kier alpha value is -2.03. The molecule has 1 N–H and O–H groups in total. The fourth-order valence-electron chi connectivity index (χ4n) is 2.59. The predicted octanol–water partition coefficient (Wildman–Crippen LogP) is 5.69. The number of H-pyrrole nitrogens is 1. The summed E-state index contributed by atoms with van der Waals surface area (Å²) < 4.78 is 0. The van der Waals surface area contributed by atoms with Gasteiger partial charge in [0, 0.05) is 21.0 Å². The minimum atomic E-state index is 0.693. The van der Waals surface area contributed by atoms with Crippen molar-refractivity contribution in [1.29, 1.82) is 0 Å². The molecule has 0 radical (unpaired) electrons. The van der Waals surface area contributed by atoms with Crippen molar-refractivity contribution in [1.82, 2.24) is 9.97 Å². The molecule has 0 unspecified atom stereocenters. The van der Waals surface area contributed by atoms with Crippen LogP contribution in [-0.2, 0) is 0 Å². The highest BCUT2D eigenvalue weighted by Gasteiger charge is 2.10. The Labute approximate surface area is 131 Å². The zero-order chi connectivity index (χ0) is 14.4. The highest BCUT2D eigenvalue weighted by Crippen LogP contribution is 2.32. The molecule has 0 bridgehead atoms. The molecular formula is C17H10Cl2N2. The summed E-state index contributed by atoms with van der Waals surface area (Å²) in [5.41, 5.74) is 2.85. The zero-order valence-electron chi connectivity index (χ0n) is 10.9. The number of halogens is 2. The van der Waals surface area contributed by atoms with Crippen LogP contribution in [0, 0.1) is 0 Å². The molecule has 3 aromatic carbocycles. The fourth-order valence-corrected chi connectivity index (χ4v) is 3.00. The summed E-state index contributed by atoms with van der Waals surface area (Å²) in [5.74, 6) is 0.820. The van der Waals surface area contributed by atoms with Gasteiger partial charge in [-0.1, -0.05) is 53.5 Å². The highest BCUT2D eigenvalue weighted by atomic mass is 35.5. The average molecular weight is 313 g/mol. The van der Waals surface area contributed by atoms with Crippen molar-refractivity contribution < 1.29 is 0 Å². The number of rotatable bonds is 1. The minimum absolute atomic E-state index is 0.693. The Morgan fingerprint density at radius 2 is 1.67 bits per heavy atom. The summed E-state index contributed by atoms with van der Waals surface area (Å²) in [6.07, 6.45) is 0. The van der Waals surface area contributed by atoms with Gasteiger partial charge in [0.15, 0.2) is 0 Å². The third-order valence-electron chi connectivity index (χ3n) is 3.57. The molecule has 0 aliphatic rings. The van der Waals surface area contributed by atoms with Crippen LogP contribution in [0.1, 0.15) is 0 Å². The summed E-state index contributed by atoms with van der Waals surface area (Å²) in [6.45, 7) is 0. The van der Waals surface area contributed by atoms with Gasteiger partial charge < -0.3 is 4.98 Å². The van der Waals surface area contributed by atoms with Gasteiger partial charge in [-0.15, -0.1) is 0 Å². The van der Waals surface area contributed by atoms with Gasteiger partial charge in [-0.25, -0.2) is 4.98 Å². The number of nitrogens with zero attached hydrogens (tertiary/aromatic N) is 1. The van der Waals surface area contributed by atoms with E-state index in [0.717, 1.165) is 38.2 Å². The van der Waals surface area contributed by atoms with E-state index in [2.05, 4.69) is 16.0 Å². The van der Waals surface area contributed by atoms with Crippen molar-refractivity contribution >= 4 is 45.0 Å². The summed E-state index contributed by atoms with van der Waals surface area (Å²) in [7, 11) is 0. The van der Waals surface area contributed by atoms with E-state index in [0.29, 0.717) is 5.02 Å². The molecule has 21 heavy (non-hydrogen) atoms. The number of hydrogen-bond acceptors (Lipinski definition) is 1. The number of fused-ring (bicyclic) bond motifs is 2. The maximum absolute atomic E-state index is 6.27. The summed E-state index contributed by atoms with van der Waals surface area (Å²) >= 11 is 12.3. The number of aromatic nitrogens is 2. The molecule has 0 saturated carbocycles. The Morgan fingerprint density at radius 1 is 0.857 bits per heavy atom. The molecule has 0 aliphatic heterocycles. The van der Waals surface area contributed by atoms with Crippen molar-refractivity contribution in [2.24, 2.45) is 0 Å². The molecule has 0 aliphatic carbocycles. The Bertz CT molecular complexity index is 973. The second-order valence-electron chi connectivity index (χ2n) is 4.89. The molecule has 102 valence electrons. The monoisotopic (exact) mass is 312 g/mol. The van der Waals surface area contributed by atoms with Gasteiger partial charge in [-0.2, -0.15) is 0 Å². The molecule has 1 heterocycles. The van der Waals surface area contributed by atoms with Gasteiger partial charge in [0.25, 0.3) is 0 Å². The Kier molecular flexibility index (Phi) is 2.88. The standard InChI is InChI=1S/C17H10Cl2N2/c18-10-7-8-15-16(9-10)21-17(20-15)13-5-1-4-12-11(13)3-2-6-14(12)19/h1-9H,(H,20,21).